The average molecular weight is 608 g/mol. The van der Waals surface area contributed by atoms with Crippen molar-refractivity contribution in [3.05, 3.63) is 30.1 Å². The molecule has 2 heterocycles. The van der Waals surface area contributed by atoms with Gasteiger partial charge in [0.2, 0.25) is 0 Å². The topological polar surface area (TPSA) is 95.0 Å². The maximum atomic E-state index is 13.1. The molecule has 12 unspecified atom stereocenters. The fourth-order valence-electron chi connectivity index (χ4n) is 13.0. The van der Waals surface area contributed by atoms with Crippen molar-refractivity contribution >= 4 is 11.9 Å². The average Bonchev–Trinajstić information content (AvgIpc) is 3.35. The van der Waals surface area contributed by atoms with Gasteiger partial charge in [-0.15, -0.1) is 0 Å². The molecule has 5 aliphatic carbocycles. The number of nitrogens with zero attached hydrogens (tertiary/aromatic N) is 1. The Hall–Kier alpha value is -1.99. The summed E-state index contributed by atoms with van der Waals surface area (Å²) in [6, 6.07) is 3.59. The van der Waals surface area contributed by atoms with E-state index in [1.807, 2.05) is 0 Å². The Balaban J connectivity index is 1.11. The van der Waals surface area contributed by atoms with Crippen molar-refractivity contribution in [1.29, 1.82) is 0 Å². The van der Waals surface area contributed by atoms with E-state index in [0.717, 1.165) is 32.1 Å². The number of carbonyl (C=O) groups is 2. The monoisotopic (exact) mass is 607 g/mol. The molecular formula is C37H53NO6. The van der Waals surface area contributed by atoms with Crippen LogP contribution in [0.3, 0.4) is 0 Å². The maximum Gasteiger partial charge on any atom is 0.339 e. The Morgan fingerprint density at radius 3 is 2.45 bits per heavy atom. The van der Waals surface area contributed by atoms with Gasteiger partial charge in [0, 0.05) is 24.7 Å². The molecule has 0 bridgehead atoms. The first-order chi connectivity index (χ1) is 20.7. The van der Waals surface area contributed by atoms with E-state index in [-0.39, 0.29) is 41.1 Å². The number of aliphatic hydroxyl groups is 1. The predicted molar refractivity (Wildman–Crippen MR) is 165 cm³/mol. The molecule has 1 saturated heterocycles. The van der Waals surface area contributed by atoms with E-state index in [1.165, 1.54) is 32.6 Å². The van der Waals surface area contributed by atoms with Crippen LogP contribution >= 0.6 is 0 Å². The van der Waals surface area contributed by atoms with Crippen molar-refractivity contribution in [2.45, 2.75) is 136 Å². The van der Waals surface area contributed by atoms with Crippen LogP contribution in [0.5, 0.6) is 0 Å². The van der Waals surface area contributed by atoms with Gasteiger partial charge in [-0.1, -0.05) is 27.7 Å². The van der Waals surface area contributed by atoms with Gasteiger partial charge in [0.05, 0.1) is 23.4 Å². The van der Waals surface area contributed by atoms with Gasteiger partial charge in [-0.25, -0.2) is 4.79 Å². The number of rotatable bonds is 5. The molecule has 1 aromatic heterocycles. The molecule has 6 aliphatic rings. The van der Waals surface area contributed by atoms with Crippen LogP contribution in [-0.2, 0) is 19.0 Å². The summed E-state index contributed by atoms with van der Waals surface area (Å²) >= 11 is 0. The number of fused-ring (bicyclic) bond motifs is 4. The Morgan fingerprint density at radius 2 is 1.77 bits per heavy atom. The molecule has 0 aromatic carbocycles. The van der Waals surface area contributed by atoms with E-state index in [1.54, 1.807) is 38.4 Å². The highest BCUT2D eigenvalue weighted by Crippen LogP contribution is 2.89. The van der Waals surface area contributed by atoms with E-state index in [4.69, 9.17) is 14.2 Å². The van der Waals surface area contributed by atoms with Gasteiger partial charge in [-0.05, 0) is 130 Å². The van der Waals surface area contributed by atoms with Gasteiger partial charge < -0.3 is 19.3 Å². The molecule has 1 aromatic rings. The maximum absolute atomic E-state index is 13.1. The third kappa shape index (κ3) is 4.09. The minimum absolute atomic E-state index is 0.0809. The summed E-state index contributed by atoms with van der Waals surface area (Å²) in [5.41, 5.74) is 0.257. The van der Waals surface area contributed by atoms with Crippen LogP contribution < -0.4 is 0 Å². The van der Waals surface area contributed by atoms with Gasteiger partial charge in [0.1, 0.15) is 6.10 Å². The van der Waals surface area contributed by atoms with Gasteiger partial charge in [-0.3, -0.25) is 9.78 Å². The van der Waals surface area contributed by atoms with Crippen LogP contribution in [0.2, 0.25) is 0 Å². The lowest BCUT2D eigenvalue weighted by atomic mass is 9.46. The van der Waals surface area contributed by atoms with E-state index >= 15 is 0 Å². The highest BCUT2D eigenvalue weighted by Gasteiger charge is 2.85. The molecule has 242 valence electrons. The molecule has 0 amide bonds. The number of aromatic nitrogens is 1. The summed E-state index contributed by atoms with van der Waals surface area (Å²) in [7, 11) is 0. The number of carbonyl (C=O) groups excluding carboxylic acids is 2. The predicted octanol–water partition coefficient (Wildman–Crippen LogP) is 6.76. The minimum atomic E-state index is -1.16. The van der Waals surface area contributed by atoms with Gasteiger partial charge in [-0.2, -0.15) is 0 Å². The van der Waals surface area contributed by atoms with Gasteiger partial charge in [0.25, 0.3) is 0 Å². The van der Waals surface area contributed by atoms with Gasteiger partial charge in [0.15, 0.2) is 6.10 Å². The fraction of sp³-hybridized carbons (Fsp3) is 0.811. The van der Waals surface area contributed by atoms with Crippen molar-refractivity contribution in [2.75, 3.05) is 0 Å². The highest BCUT2D eigenvalue weighted by atomic mass is 16.6. The second-order valence-electron chi connectivity index (χ2n) is 17.0. The van der Waals surface area contributed by atoms with Crippen LogP contribution in [-0.4, -0.2) is 52.0 Å². The third-order valence-corrected chi connectivity index (χ3v) is 14.7. The first-order valence-electron chi connectivity index (χ1n) is 17.3. The second kappa shape index (κ2) is 10.0. The fourth-order valence-corrected chi connectivity index (χ4v) is 13.0. The Morgan fingerprint density at radius 1 is 1.02 bits per heavy atom. The molecule has 7 rings (SSSR count). The van der Waals surface area contributed by atoms with Crippen LogP contribution in [0.25, 0.3) is 0 Å². The van der Waals surface area contributed by atoms with E-state index in [9.17, 15) is 14.7 Å². The lowest BCUT2D eigenvalue weighted by Crippen LogP contribution is -2.55. The Bertz CT molecular complexity index is 1310. The summed E-state index contributed by atoms with van der Waals surface area (Å²) in [5.74, 6) is 2.46. The van der Waals surface area contributed by atoms with Crippen molar-refractivity contribution in [1.82, 2.24) is 4.98 Å². The molecule has 1 aliphatic heterocycles. The van der Waals surface area contributed by atoms with Gasteiger partial charge >= 0.3 is 11.9 Å². The number of pyridine rings is 1. The van der Waals surface area contributed by atoms with Crippen molar-refractivity contribution in [2.24, 2.45) is 51.2 Å². The molecule has 12 atom stereocenters. The normalized spacial score (nSPS) is 45.8. The largest absolute Gasteiger partial charge is 0.458 e. The zero-order chi connectivity index (χ0) is 31.4. The van der Waals surface area contributed by atoms with Crippen LogP contribution in [0, 0.1) is 51.2 Å². The first-order valence-corrected chi connectivity index (χ1v) is 17.3. The lowest BCUT2D eigenvalue weighted by molar-refractivity contribution is -0.200. The quantitative estimate of drug-likeness (QED) is 0.370. The highest BCUT2D eigenvalue weighted by molar-refractivity contribution is 5.89. The summed E-state index contributed by atoms with van der Waals surface area (Å²) < 4.78 is 18.8. The molecular weight excluding hydrogens is 554 g/mol. The zero-order valence-corrected chi connectivity index (χ0v) is 27.8. The molecule has 7 nitrogen and oxygen atoms in total. The molecule has 0 radical (unpaired) electrons. The third-order valence-electron chi connectivity index (χ3n) is 14.7. The van der Waals surface area contributed by atoms with E-state index < -0.39 is 11.7 Å². The number of ether oxygens (including phenoxy) is 3. The molecule has 5 saturated carbocycles. The van der Waals surface area contributed by atoms with Crippen LogP contribution in [0.15, 0.2) is 24.5 Å². The summed E-state index contributed by atoms with van der Waals surface area (Å²) in [6.45, 7) is 14.7. The molecule has 1 N–H and O–H groups in total. The smallest absolute Gasteiger partial charge is 0.339 e. The molecule has 2 spiro atoms. The number of hydrogen-bond acceptors (Lipinski definition) is 7. The summed E-state index contributed by atoms with van der Waals surface area (Å²) in [6.07, 6.45) is 12.5. The van der Waals surface area contributed by atoms with Crippen LogP contribution in [0.1, 0.15) is 117 Å². The standard InChI is InChI=1S/C37H53NO6/c1-21-36-17-16-35(7)25-10-12-27(31(34(5,6)41)42-22(2)39)43-28(25)19-26(35)24(36)11-13-29-33(3,4)30(14-15-37(21,29)36)44-32(40)23-9-8-18-38-20-23/h8-9,18,20-21,24-31,41H,10-17,19H2,1-7H3. The number of hydrogen-bond donors (Lipinski definition) is 1. The summed E-state index contributed by atoms with van der Waals surface area (Å²) in [5, 5.41) is 10.9. The minimum Gasteiger partial charge on any atom is -0.458 e. The SMILES string of the molecule is CC(=O)OC(C1CCC2C(CC3C4CCC5C(C)(C)C(OC(=O)c6cccnc6)CCC56C(C)C46CCC23C)O1)C(C)(C)O. The van der Waals surface area contributed by atoms with E-state index in [0.29, 0.717) is 46.0 Å². The zero-order valence-electron chi connectivity index (χ0n) is 27.8. The molecule has 7 heteroatoms. The molecule has 44 heavy (non-hydrogen) atoms. The lowest BCUT2D eigenvalue weighted by Gasteiger charge is -2.59. The van der Waals surface area contributed by atoms with Crippen molar-refractivity contribution < 1.29 is 28.9 Å². The Labute approximate surface area is 263 Å². The van der Waals surface area contributed by atoms with Crippen molar-refractivity contribution in [3.63, 3.8) is 0 Å². The van der Waals surface area contributed by atoms with Crippen LogP contribution in [0.4, 0.5) is 0 Å². The first kappa shape index (κ1) is 30.7. The van der Waals surface area contributed by atoms with E-state index in [2.05, 4.69) is 32.7 Å². The second-order valence-corrected chi connectivity index (χ2v) is 17.0. The Kier molecular flexibility index (Phi) is 6.97. The summed E-state index contributed by atoms with van der Waals surface area (Å²) in [4.78, 5) is 29.1. The molecule has 6 fully saturated rings. The number of esters is 2. The van der Waals surface area contributed by atoms with Crippen molar-refractivity contribution in [3.8, 4) is 0 Å².